The van der Waals surface area contributed by atoms with E-state index in [0.29, 0.717) is 22.3 Å². The van der Waals surface area contributed by atoms with E-state index in [-0.39, 0.29) is 5.82 Å². The predicted octanol–water partition coefficient (Wildman–Crippen LogP) is 4.76. The Labute approximate surface area is 154 Å². The molecule has 0 aliphatic rings. The number of pyridine rings is 1. The number of thioether (sulfide) groups is 1. The van der Waals surface area contributed by atoms with Gasteiger partial charge in [-0.1, -0.05) is 48.2 Å². The van der Waals surface area contributed by atoms with E-state index in [0.717, 1.165) is 11.4 Å². The van der Waals surface area contributed by atoms with E-state index in [2.05, 4.69) is 15.2 Å². The highest BCUT2D eigenvalue weighted by Gasteiger charge is 2.18. The average Bonchev–Trinajstić information content (AvgIpc) is 3.12. The first-order chi connectivity index (χ1) is 12.8. The number of halogens is 1. The molecule has 0 bridgehead atoms. The summed E-state index contributed by atoms with van der Waals surface area (Å²) in [6.07, 6.45) is 1.77. The van der Waals surface area contributed by atoms with Crippen LogP contribution in [0, 0.1) is 5.82 Å². The van der Waals surface area contributed by atoms with E-state index in [1.807, 2.05) is 53.1 Å². The summed E-state index contributed by atoms with van der Waals surface area (Å²) in [5.74, 6) is 0.819. The first kappa shape index (κ1) is 16.5. The Morgan fingerprint density at radius 2 is 1.62 bits per heavy atom. The van der Waals surface area contributed by atoms with Gasteiger partial charge in [-0.2, -0.15) is 0 Å². The molecule has 4 nitrogen and oxygen atoms in total. The summed E-state index contributed by atoms with van der Waals surface area (Å²) in [5.41, 5.74) is 2.26. The largest absolute Gasteiger partial charge is 0.270 e. The normalized spacial score (nSPS) is 10.8. The summed E-state index contributed by atoms with van der Waals surface area (Å²) in [7, 11) is 0. The molecule has 0 unspecified atom stereocenters. The summed E-state index contributed by atoms with van der Waals surface area (Å²) in [6, 6.07) is 22.1. The molecule has 26 heavy (non-hydrogen) atoms. The fourth-order valence-corrected chi connectivity index (χ4v) is 3.48. The summed E-state index contributed by atoms with van der Waals surface area (Å²) >= 11 is 1.52. The maximum Gasteiger partial charge on any atom is 0.196 e. The predicted molar refractivity (Wildman–Crippen MR) is 101 cm³/mol. The van der Waals surface area contributed by atoms with Crippen molar-refractivity contribution in [3.63, 3.8) is 0 Å². The molecule has 0 saturated heterocycles. The second kappa shape index (κ2) is 7.49. The molecule has 0 fully saturated rings. The second-order valence-electron chi connectivity index (χ2n) is 5.57. The van der Waals surface area contributed by atoms with Gasteiger partial charge in [-0.25, -0.2) is 4.39 Å². The van der Waals surface area contributed by atoms with Crippen LogP contribution < -0.4 is 0 Å². The van der Waals surface area contributed by atoms with Crippen LogP contribution in [0.15, 0.2) is 84.1 Å². The number of hydrogen-bond acceptors (Lipinski definition) is 4. The highest BCUT2D eigenvalue weighted by atomic mass is 32.2. The van der Waals surface area contributed by atoms with E-state index >= 15 is 0 Å². The molecule has 0 N–H and O–H groups in total. The molecule has 0 atom stereocenters. The van der Waals surface area contributed by atoms with Gasteiger partial charge >= 0.3 is 0 Å². The highest BCUT2D eigenvalue weighted by Crippen LogP contribution is 2.30. The molecule has 4 rings (SSSR count). The molecule has 0 radical (unpaired) electrons. The standard InChI is InChI=1S/C20H15FN4S/c21-18-12-5-4-11-17(18)19-23-24-20(25(19)16-9-2-1-3-10-16)26-14-15-8-6-7-13-22-15/h1-13H,14H2. The Kier molecular flexibility index (Phi) is 4.75. The van der Waals surface area contributed by atoms with Crippen LogP contribution in [0.3, 0.4) is 0 Å². The number of aromatic nitrogens is 4. The van der Waals surface area contributed by atoms with Crippen molar-refractivity contribution in [2.75, 3.05) is 0 Å². The summed E-state index contributed by atoms with van der Waals surface area (Å²) in [6.45, 7) is 0. The Morgan fingerprint density at radius 3 is 2.38 bits per heavy atom. The van der Waals surface area contributed by atoms with E-state index in [1.54, 1.807) is 24.4 Å². The van der Waals surface area contributed by atoms with Gasteiger partial charge in [0.05, 0.1) is 11.3 Å². The monoisotopic (exact) mass is 362 g/mol. The zero-order valence-corrected chi connectivity index (χ0v) is 14.6. The van der Waals surface area contributed by atoms with E-state index in [9.17, 15) is 4.39 Å². The SMILES string of the molecule is Fc1ccccc1-c1nnc(SCc2ccccn2)n1-c1ccccc1. The molecule has 0 saturated carbocycles. The van der Waals surface area contributed by atoms with Gasteiger partial charge in [0.15, 0.2) is 11.0 Å². The Balaban J connectivity index is 1.76. The zero-order valence-electron chi connectivity index (χ0n) is 13.8. The van der Waals surface area contributed by atoms with Gasteiger partial charge in [0.2, 0.25) is 0 Å². The molecule has 2 aromatic carbocycles. The Morgan fingerprint density at radius 1 is 0.846 bits per heavy atom. The van der Waals surface area contributed by atoms with Crippen molar-refractivity contribution in [3.8, 4) is 17.1 Å². The smallest absolute Gasteiger partial charge is 0.196 e. The van der Waals surface area contributed by atoms with E-state index < -0.39 is 0 Å². The number of benzene rings is 2. The fourth-order valence-electron chi connectivity index (χ4n) is 2.61. The fraction of sp³-hybridized carbons (Fsp3) is 0.0500. The zero-order chi connectivity index (χ0) is 17.8. The molecule has 6 heteroatoms. The summed E-state index contributed by atoms with van der Waals surface area (Å²) < 4.78 is 16.2. The first-order valence-electron chi connectivity index (χ1n) is 8.11. The third-order valence-corrected chi connectivity index (χ3v) is 4.80. The van der Waals surface area contributed by atoms with Crippen LogP contribution in [0.25, 0.3) is 17.1 Å². The van der Waals surface area contributed by atoms with Crippen molar-refractivity contribution in [3.05, 3.63) is 90.5 Å². The molecule has 0 amide bonds. The average molecular weight is 362 g/mol. The minimum atomic E-state index is -0.321. The number of para-hydroxylation sites is 1. The lowest BCUT2D eigenvalue weighted by Gasteiger charge is -2.10. The third kappa shape index (κ3) is 3.36. The lowest BCUT2D eigenvalue weighted by molar-refractivity contribution is 0.629. The van der Waals surface area contributed by atoms with Gasteiger partial charge < -0.3 is 0 Å². The molecule has 0 aliphatic heterocycles. The van der Waals surface area contributed by atoms with Crippen molar-refractivity contribution in [2.24, 2.45) is 0 Å². The van der Waals surface area contributed by atoms with E-state index in [4.69, 9.17) is 0 Å². The molecular weight excluding hydrogens is 347 g/mol. The number of nitrogens with zero attached hydrogens (tertiary/aromatic N) is 4. The molecule has 0 spiro atoms. The summed E-state index contributed by atoms with van der Waals surface area (Å²) in [4.78, 5) is 4.34. The molecule has 0 aliphatic carbocycles. The van der Waals surface area contributed by atoms with Gasteiger partial charge in [0.25, 0.3) is 0 Å². The van der Waals surface area contributed by atoms with Crippen molar-refractivity contribution < 1.29 is 4.39 Å². The first-order valence-corrected chi connectivity index (χ1v) is 9.10. The summed E-state index contributed by atoms with van der Waals surface area (Å²) in [5, 5.41) is 9.27. The molecule has 2 heterocycles. The Hall–Kier alpha value is -2.99. The number of hydrogen-bond donors (Lipinski definition) is 0. The van der Waals surface area contributed by atoms with Crippen molar-refractivity contribution in [1.29, 1.82) is 0 Å². The minimum Gasteiger partial charge on any atom is -0.270 e. The van der Waals surface area contributed by atoms with Crippen molar-refractivity contribution in [1.82, 2.24) is 19.7 Å². The van der Waals surface area contributed by atoms with Gasteiger partial charge in [0, 0.05) is 17.6 Å². The topological polar surface area (TPSA) is 43.6 Å². The molecule has 2 aromatic heterocycles. The minimum absolute atomic E-state index is 0.321. The van der Waals surface area contributed by atoms with Crippen LogP contribution in [-0.2, 0) is 5.75 Å². The lowest BCUT2D eigenvalue weighted by atomic mass is 10.2. The van der Waals surface area contributed by atoms with Crippen LogP contribution in [0.2, 0.25) is 0 Å². The second-order valence-corrected chi connectivity index (χ2v) is 6.51. The third-order valence-electron chi connectivity index (χ3n) is 3.84. The van der Waals surface area contributed by atoms with Crippen LogP contribution in [0.1, 0.15) is 5.69 Å². The van der Waals surface area contributed by atoms with Gasteiger partial charge in [-0.15, -0.1) is 10.2 Å². The Bertz CT molecular complexity index is 1000. The van der Waals surface area contributed by atoms with Crippen LogP contribution >= 0.6 is 11.8 Å². The van der Waals surface area contributed by atoms with Crippen molar-refractivity contribution in [2.45, 2.75) is 10.9 Å². The van der Waals surface area contributed by atoms with Gasteiger partial charge in [-0.05, 0) is 36.4 Å². The van der Waals surface area contributed by atoms with Crippen molar-refractivity contribution >= 4 is 11.8 Å². The molecular formula is C20H15FN4S. The molecule has 4 aromatic rings. The van der Waals surface area contributed by atoms with Gasteiger partial charge in [0.1, 0.15) is 5.82 Å². The molecule has 128 valence electrons. The van der Waals surface area contributed by atoms with Crippen LogP contribution in [0.4, 0.5) is 4.39 Å². The lowest BCUT2D eigenvalue weighted by Crippen LogP contribution is -2.01. The van der Waals surface area contributed by atoms with E-state index in [1.165, 1.54) is 17.8 Å². The van der Waals surface area contributed by atoms with Crippen LogP contribution in [-0.4, -0.2) is 19.7 Å². The quantitative estimate of drug-likeness (QED) is 0.480. The highest BCUT2D eigenvalue weighted by molar-refractivity contribution is 7.98. The number of rotatable bonds is 5. The van der Waals surface area contributed by atoms with Crippen LogP contribution in [0.5, 0.6) is 0 Å². The van der Waals surface area contributed by atoms with Gasteiger partial charge in [-0.3, -0.25) is 9.55 Å². The maximum absolute atomic E-state index is 14.3. The maximum atomic E-state index is 14.3.